The molecule has 0 aliphatic rings. The molecular formula is C22H44O2Rh. The molecule has 1 unspecified atom stereocenters. The van der Waals surface area contributed by atoms with Crippen molar-refractivity contribution < 1.29 is 29.4 Å². The molecular weight excluding hydrogens is 399 g/mol. The Hall–Kier alpha value is 0.0934. The maximum Gasteiger partial charge on any atom is 0.306 e. The minimum atomic E-state index is -0.570. The average molecular weight is 443 g/mol. The Kier molecular flexibility index (Phi) is 24.2. The summed E-state index contributed by atoms with van der Waals surface area (Å²) >= 11 is 0. The Morgan fingerprint density at radius 3 is 1.16 bits per heavy atom. The molecule has 0 saturated heterocycles. The predicted molar refractivity (Wildman–Crippen MR) is 106 cm³/mol. The molecule has 0 aliphatic carbocycles. The second kappa shape index (κ2) is 22.1. The second-order valence-corrected chi connectivity index (χ2v) is 7.56. The van der Waals surface area contributed by atoms with Gasteiger partial charge in [-0.15, -0.1) is 0 Å². The molecule has 0 amide bonds. The molecule has 0 rings (SSSR count). The van der Waals surface area contributed by atoms with Crippen molar-refractivity contribution in [3.63, 3.8) is 0 Å². The van der Waals surface area contributed by atoms with Crippen LogP contribution in [0.15, 0.2) is 0 Å². The fourth-order valence-corrected chi connectivity index (χ4v) is 3.44. The van der Waals surface area contributed by atoms with E-state index in [9.17, 15) is 9.90 Å². The number of carboxylic acid groups (broad SMARTS) is 1. The second-order valence-electron chi connectivity index (χ2n) is 7.56. The molecule has 3 heteroatoms. The third-order valence-corrected chi connectivity index (χ3v) is 5.16. The van der Waals surface area contributed by atoms with E-state index in [4.69, 9.17) is 0 Å². The number of unbranched alkanes of at least 4 members (excludes halogenated alkanes) is 14. The maximum atomic E-state index is 11.4. The minimum absolute atomic E-state index is 0. The van der Waals surface area contributed by atoms with Crippen LogP contribution in [0.25, 0.3) is 0 Å². The number of hydrogen-bond donors (Lipinski definition) is 1. The van der Waals surface area contributed by atoms with Crippen molar-refractivity contribution in [3.8, 4) is 0 Å². The molecule has 0 spiro atoms. The number of rotatable bonds is 19. The van der Waals surface area contributed by atoms with Crippen molar-refractivity contribution in [1.29, 1.82) is 0 Å². The summed E-state index contributed by atoms with van der Waals surface area (Å²) in [6.45, 7) is 4.49. The van der Waals surface area contributed by atoms with Gasteiger partial charge >= 0.3 is 5.97 Å². The first-order valence-corrected chi connectivity index (χ1v) is 10.9. The average Bonchev–Trinajstić information content (AvgIpc) is 2.57. The Balaban J connectivity index is 0. The van der Waals surface area contributed by atoms with Crippen molar-refractivity contribution in [1.82, 2.24) is 0 Å². The van der Waals surface area contributed by atoms with E-state index in [1.165, 1.54) is 89.9 Å². The molecule has 0 saturated carbocycles. The van der Waals surface area contributed by atoms with Crippen LogP contribution < -0.4 is 0 Å². The van der Waals surface area contributed by atoms with Gasteiger partial charge in [-0.05, 0) is 12.8 Å². The molecule has 0 aromatic carbocycles. The summed E-state index contributed by atoms with van der Waals surface area (Å²) in [5.41, 5.74) is 0. The molecule has 0 heterocycles. The van der Waals surface area contributed by atoms with Gasteiger partial charge in [-0.25, -0.2) is 0 Å². The summed E-state index contributed by atoms with van der Waals surface area (Å²) < 4.78 is 0. The molecule has 1 radical (unpaired) electrons. The topological polar surface area (TPSA) is 37.3 Å². The predicted octanol–water partition coefficient (Wildman–Crippen LogP) is 7.75. The molecule has 2 nitrogen and oxygen atoms in total. The van der Waals surface area contributed by atoms with Crippen LogP contribution in [0.1, 0.15) is 129 Å². The van der Waals surface area contributed by atoms with E-state index in [1.807, 2.05) is 0 Å². The molecule has 0 fully saturated rings. The smallest absolute Gasteiger partial charge is 0.306 e. The zero-order chi connectivity index (χ0) is 17.9. The van der Waals surface area contributed by atoms with Crippen molar-refractivity contribution in [2.45, 2.75) is 129 Å². The first-order valence-electron chi connectivity index (χ1n) is 10.9. The molecule has 25 heavy (non-hydrogen) atoms. The van der Waals surface area contributed by atoms with E-state index in [0.717, 1.165) is 25.7 Å². The zero-order valence-corrected chi connectivity index (χ0v) is 18.6. The number of aliphatic carboxylic acids is 1. The van der Waals surface area contributed by atoms with Gasteiger partial charge in [0.1, 0.15) is 0 Å². The van der Waals surface area contributed by atoms with Crippen LogP contribution in [0.3, 0.4) is 0 Å². The summed E-state index contributed by atoms with van der Waals surface area (Å²) in [6.07, 6.45) is 22.5. The van der Waals surface area contributed by atoms with Gasteiger partial charge in [0, 0.05) is 19.5 Å². The van der Waals surface area contributed by atoms with Crippen LogP contribution >= 0.6 is 0 Å². The molecule has 153 valence electrons. The van der Waals surface area contributed by atoms with Gasteiger partial charge < -0.3 is 5.11 Å². The fraction of sp³-hybridized carbons (Fsp3) is 0.955. The van der Waals surface area contributed by atoms with E-state index in [-0.39, 0.29) is 25.4 Å². The SMILES string of the molecule is CCCCCCCCCCCCC(CCCCCCCC)C(=O)O.[Rh]. The fourth-order valence-electron chi connectivity index (χ4n) is 3.44. The Labute approximate surface area is 170 Å². The molecule has 0 aromatic rings. The third-order valence-electron chi connectivity index (χ3n) is 5.16. The largest absolute Gasteiger partial charge is 0.481 e. The van der Waals surface area contributed by atoms with Gasteiger partial charge in [-0.3, -0.25) is 4.79 Å². The first kappa shape index (κ1) is 27.3. The summed E-state index contributed by atoms with van der Waals surface area (Å²) in [5, 5.41) is 9.36. The molecule has 0 aliphatic heterocycles. The van der Waals surface area contributed by atoms with Gasteiger partial charge in [0.25, 0.3) is 0 Å². The van der Waals surface area contributed by atoms with Gasteiger partial charge in [0.15, 0.2) is 0 Å². The summed E-state index contributed by atoms with van der Waals surface area (Å²) in [5.74, 6) is -0.662. The Morgan fingerprint density at radius 1 is 0.600 bits per heavy atom. The van der Waals surface area contributed by atoms with E-state index in [2.05, 4.69) is 13.8 Å². The quantitative estimate of drug-likeness (QED) is 0.164. The Morgan fingerprint density at radius 2 is 0.880 bits per heavy atom. The minimum Gasteiger partial charge on any atom is -0.481 e. The normalized spacial score (nSPS) is 11.9. The van der Waals surface area contributed by atoms with Crippen LogP contribution in [0.2, 0.25) is 0 Å². The summed E-state index contributed by atoms with van der Waals surface area (Å²) in [6, 6.07) is 0. The van der Waals surface area contributed by atoms with Crippen LogP contribution in [0.4, 0.5) is 0 Å². The van der Waals surface area contributed by atoms with E-state index >= 15 is 0 Å². The number of carbonyl (C=O) groups is 1. The zero-order valence-electron chi connectivity index (χ0n) is 17.0. The van der Waals surface area contributed by atoms with Crippen molar-refractivity contribution >= 4 is 5.97 Å². The van der Waals surface area contributed by atoms with Crippen molar-refractivity contribution in [3.05, 3.63) is 0 Å². The van der Waals surface area contributed by atoms with E-state index < -0.39 is 5.97 Å². The van der Waals surface area contributed by atoms with Crippen LogP contribution in [0, 0.1) is 5.92 Å². The number of hydrogen-bond acceptors (Lipinski definition) is 1. The van der Waals surface area contributed by atoms with Crippen LogP contribution in [-0.4, -0.2) is 11.1 Å². The van der Waals surface area contributed by atoms with E-state index in [1.54, 1.807) is 0 Å². The van der Waals surface area contributed by atoms with Gasteiger partial charge in [0.05, 0.1) is 5.92 Å². The first-order chi connectivity index (χ1) is 11.7. The monoisotopic (exact) mass is 443 g/mol. The van der Waals surface area contributed by atoms with Crippen molar-refractivity contribution in [2.75, 3.05) is 0 Å². The summed E-state index contributed by atoms with van der Waals surface area (Å²) in [4.78, 5) is 11.4. The molecule has 1 N–H and O–H groups in total. The van der Waals surface area contributed by atoms with Crippen molar-refractivity contribution in [2.24, 2.45) is 5.92 Å². The molecule has 1 atom stereocenters. The standard InChI is InChI=1S/C22H44O2.Rh/c1-3-5-7-9-11-12-13-14-16-18-20-21(22(23)24)19-17-15-10-8-6-4-2;/h21H,3-20H2,1-2H3,(H,23,24);. The maximum absolute atomic E-state index is 11.4. The van der Waals surface area contributed by atoms with Gasteiger partial charge in [-0.1, -0.05) is 117 Å². The summed E-state index contributed by atoms with van der Waals surface area (Å²) in [7, 11) is 0. The Bertz CT molecular complexity index is 269. The van der Waals surface area contributed by atoms with Crippen LogP contribution in [-0.2, 0) is 24.3 Å². The van der Waals surface area contributed by atoms with Gasteiger partial charge in [-0.2, -0.15) is 0 Å². The third kappa shape index (κ3) is 20.3. The number of carboxylic acids is 1. The van der Waals surface area contributed by atoms with Gasteiger partial charge in [0.2, 0.25) is 0 Å². The van der Waals surface area contributed by atoms with Crippen LogP contribution in [0.5, 0.6) is 0 Å². The van der Waals surface area contributed by atoms with E-state index in [0.29, 0.717) is 0 Å². The molecule has 0 aromatic heterocycles. The molecule has 0 bridgehead atoms.